The number of nitrogens with two attached hydrogens (primary N) is 1. The number of aliphatic imine (C=N–C) groups is 1. The van der Waals surface area contributed by atoms with E-state index in [1.54, 1.807) is 0 Å². The summed E-state index contributed by atoms with van der Waals surface area (Å²) in [5, 5.41) is 6.59. The molecule has 156 valence electrons. The molecule has 0 aliphatic carbocycles. The van der Waals surface area contributed by atoms with Gasteiger partial charge in [-0.15, -0.1) is 0 Å². The first-order chi connectivity index (χ1) is 13.6. The van der Waals surface area contributed by atoms with Gasteiger partial charge >= 0.3 is 0 Å². The molecule has 1 aliphatic heterocycles. The molecule has 0 bridgehead atoms. The number of nitrogens with zero attached hydrogens (tertiary/aromatic N) is 2. The summed E-state index contributed by atoms with van der Waals surface area (Å²) in [6, 6.07) is 6.61. The van der Waals surface area contributed by atoms with Crippen molar-refractivity contribution in [1.29, 1.82) is 0 Å². The predicted molar refractivity (Wildman–Crippen MR) is 112 cm³/mol. The highest BCUT2D eigenvalue weighted by atomic mass is 19.1. The number of guanidine groups is 1. The third-order valence-electron chi connectivity index (χ3n) is 5.11. The fraction of sp³-hybridized carbons (Fsp3) is 0.619. The molecule has 4 N–H and O–H groups in total. The molecule has 0 aromatic heterocycles. The number of piperidine rings is 1. The summed E-state index contributed by atoms with van der Waals surface area (Å²) in [6.45, 7) is 7.38. The molecule has 1 heterocycles. The van der Waals surface area contributed by atoms with E-state index in [2.05, 4.69) is 20.5 Å². The number of amides is 1. The molecule has 6 nitrogen and oxygen atoms in total. The Morgan fingerprint density at radius 2 is 1.93 bits per heavy atom. The largest absolute Gasteiger partial charge is 0.369 e. The molecule has 1 aromatic carbocycles. The average molecular weight is 392 g/mol. The van der Waals surface area contributed by atoms with E-state index in [4.69, 9.17) is 5.73 Å². The van der Waals surface area contributed by atoms with E-state index in [-0.39, 0.29) is 17.6 Å². The summed E-state index contributed by atoms with van der Waals surface area (Å²) >= 11 is 0. The number of hydrogen-bond acceptors (Lipinski definition) is 3. The van der Waals surface area contributed by atoms with Gasteiger partial charge in [0, 0.05) is 25.6 Å². The summed E-state index contributed by atoms with van der Waals surface area (Å²) in [5.74, 6) is 0.525. The van der Waals surface area contributed by atoms with Gasteiger partial charge in [0.1, 0.15) is 5.82 Å². The Labute approximate surface area is 167 Å². The van der Waals surface area contributed by atoms with Crippen LogP contribution in [0.1, 0.15) is 38.2 Å². The first-order valence-corrected chi connectivity index (χ1v) is 10.4. The molecular formula is C21H34FN5O. The number of nitrogens with one attached hydrogen (secondary N) is 2. The lowest BCUT2D eigenvalue weighted by Crippen LogP contribution is -2.39. The maximum Gasteiger partial charge on any atom is 0.220 e. The molecule has 1 fully saturated rings. The van der Waals surface area contributed by atoms with Gasteiger partial charge in [-0.25, -0.2) is 4.39 Å². The molecule has 2 rings (SSSR count). The van der Waals surface area contributed by atoms with E-state index in [1.807, 2.05) is 19.1 Å². The number of carbonyl (C=O) groups excluding carboxylic acids is 1. The van der Waals surface area contributed by atoms with Gasteiger partial charge in [0.2, 0.25) is 5.91 Å². The Bertz CT molecular complexity index is 612. The van der Waals surface area contributed by atoms with Crippen molar-refractivity contribution in [2.45, 2.75) is 39.0 Å². The van der Waals surface area contributed by atoms with E-state index < -0.39 is 0 Å². The van der Waals surface area contributed by atoms with Crippen molar-refractivity contribution in [2.75, 3.05) is 39.3 Å². The van der Waals surface area contributed by atoms with Crippen molar-refractivity contribution in [3.8, 4) is 0 Å². The van der Waals surface area contributed by atoms with Gasteiger partial charge in [0.15, 0.2) is 5.96 Å². The second kappa shape index (κ2) is 12.3. The maximum absolute atomic E-state index is 12.9. The minimum absolute atomic E-state index is 0.0597. The fourth-order valence-corrected chi connectivity index (χ4v) is 3.40. The zero-order valence-corrected chi connectivity index (χ0v) is 16.9. The van der Waals surface area contributed by atoms with Gasteiger partial charge in [-0.3, -0.25) is 9.79 Å². The lowest BCUT2D eigenvalue weighted by molar-refractivity contribution is -0.123. The minimum atomic E-state index is -0.205. The Hall–Kier alpha value is -2.15. The first kappa shape index (κ1) is 22.1. The average Bonchev–Trinajstić information content (AvgIpc) is 2.69. The van der Waals surface area contributed by atoms with Crippen molar-refractivity contribution in [1.82, 2.24) is 15.5 Å². The summed E-state index contributed by atoms with van der Waals surface area (Å²) in [4.78, 5) is 18.3. The fourth-order valence-electron chi connectivity index (χ4n) is 3.40. The highest BCUT2D eigenvalue weighted by molar-refractivity contribution is 5.79. The second-order valence-corrected chi connectivity index (χ2v) is 7.29. The van der Waals surface area contributed by atoms with Crippen LogP contribution in [0, 0.1) is 11.7 Å². The normalized spacial score (nSPS) is 16.1. The Morgan fingerprint density at radius 3 is 2.57 bits per heavy atom. The lowest BCUT2D eigenvalue weighted by Gasteiger charge is -2.30. The van der Waals surface area contributed by atoms with Crippen LogP contribution >= 0.6 is 0 Å². The quantitative estimate of drug-likeness (QED) is 0.323. The van der Waals surface area contributed by atoms with Crippen LogP contribution in [-0.2, 0) is 11.2 Å². The zero-order chi connectivity index (χ0) is 20.2. The highest BCUT2D eigenvalue weighted by Crippen LogP contribution is 2.16. The summed E-state index contributed by atoms with van der Waals surface area (Å²) < 4.78 is 12.9. The van der Waals surface area contributed by atoms with E-state index >= 15 is 0 Å². The molecule has 28 heavy (non-hydrogen) atoms. The second-order valence-electron chi connectivity index (χ2n) is 7.29. The smallest absolute Gasteiger partial charge is 0.220 e. The number of primary amides is 1. The topological polar surface area (TPSA) is 82.8 Å². The number of carbonyl (C=O) groups is 1. The number of likely N-dealkylation sites (tertiary alicyclic amines) is 1. The summed E-state index contributed by atoms with van der Waals surface area (Å²) in [5.41, 5.74) is 6.48. The van der Waals surface area contributed by atoms with E-state index in [0.29, 0.717) is 0 Å². The van der Waals surface area contributed by atoms with Crippen molar-refractivity contribution in [2.24, 2.45) is 16.6 Å². The molecule has 1 amide bonds. The van der Waals surface area contributed by atoms with Crippen LogP contribution in [0.15, 0.2) is 29.3 Å². The van der Waals surface area contributed by atoms with Gasteiger partial charge < -0.3 is 21.3 Å². The van der Waals surface area contributed by atoms with E-state index in [9.17, 15) is 9.18 Å². The number of rotatable bonds is 10. The first-order valence-electron chi connectivity index (χ1n) is 10.4. The molecule has 1 aromatic rings. The van der Waals surface area contributed by atoms with Crippen LogP contribution in [0.25, 0.3) is 0 Å². The molecular weight excluding hydrogens is 357 g/mol. The molecule has 1 aliphatic rings. The zero-order valence-electron chi connectivity index (χ0n) is 16.9. The Morgan fingerprint density at radius 1 is 1.21 bits per heavy atom. The van der Waals surface area contributed by atoms with E-state index in [1.165, 1.54) is 12.1 Å². The predicted octanol–water partition coefficient (Wildman–Crippen LogP) is 1.90. The van der Waals surface area contributed by atoms with Gasteiger partial charge in [-0.05, 0) is 76.4 Å². The highest BCUT2D eigenvalue weighted by Gasteiger charge is 2.22. The molecule has 0 atom stereocenters. The van der Waals surface area contributed by atoms with Crippen molar-refractivity contribution >= 4 is 11.9 Å². The van der Waals surface area contributed by atoms with Crippen LogP contribution < -0.4 is 16.4 Å². The molecule has 0 spiro atoms. The number of unbranched alkanes of at least 4 members (excludes halogenated alkanes) is 1. The Balaban J connectivity index is 1.61. The summed E-state index contributed by atoms with van der Waals surface area (Å²) in [7, 11) is 0. The molecule has 0 unspecified atom stereocenters. The molecule has 0 radical (unpaired) electrons. The van der Waals surface area contributed by atoms with Crippen LogP contribution in [0.4, 0.5) is 4.39 Å². The molecule has 7 heteroatoms. The third-order valence-corrected chi connectivity index (χ3v) is 5.11. The monoisotopic (exact) mass is 391 g/mol. The number of halogens is 1. The van der Waals surface area contributed by atoms with Gasteiger partial charge in [0.05, 0.1) is 0 Å². The van der Waals surface area contributed by atoms with Crippen LogP contribution in [0.2, 0.25) is 0 Å². The number of benzene rings is 1. The lowest BCUT2D eigenvalue weighted by atomic mass is 9.96. The van der Waals surface area contributed by atoms with Crippen LogP contribution in [0.3, 0.4) is 0 Å². The van der Waals surface area contributed by atoms with Gasteiger partial charge in [-0.2, -0.15) is 0 Å². The standard InChI is InChI=1S/C21H34FN5O/c1-2-24-21(26-13-9-17-5-7-19(22)8-6-17)25-12-3-4-14-27-15-10-18(11-16-27)20(23)28/h5-8,18H,2-4,9-16H2,1H3,(H2,23,28)(H2,24,25,26). The minimum Gasteiger partial charge on any atom is -0.369 e. The van der Waals surface area contributed by atoms with E-state index in [0.717, 1.165) is 82.9 Å². The van der Waals surface area contributed by atoms with Crippen LogP contribution in [-0.4, -0.2) is 56.0 Å². The van der Waals surface area contributed by atoms with Crippen molar-refractivity contribution in [3.05, 3.63) is 35.6 Å². The Kier molecular flexibility index (Phi) is 9.76. The number of hydrogen-bond donors (Lipinski definition) is 3. The third kappa shape index (κ3) is 8.25. The van der Waals surface area contributed by atoms with Gasteiger partial charge in [0.25, 0.3) is 0 Å². The SMILES string of the molecule is CCNC(=NCCCCN1CCC(C(N)=O)CC1)NCCc1ccc(F)cc1. The van der Waals surface area contributed by atoms with Gasteiger partial charge in [-0.1, -0.05) is 12.1 Å². The molecule has 1 saturated heterocycles. The van der Waals surface area contributed by atoms with Crippen molar-refractivity contribution in [3.63, 3.8) is 0 Å². The molecule has 0 saturated carbocycles. The van der Waals surface area contributed by atoms with Crippen LogP contribution in [0.5, 0.6) is 0 Å². The van der Waals surface area contributed by atoms with Crippen molar-refractivity contribution < 1.29 is 9.18 Å². The maximum atomic E-state index is 12.9. The summed E-state index contributed by atoms with van der Waals surface area (Å²) in [6.07, 6.45) is 4.72.